The summed E-state index contributed by atoms with van der Waals surface area (Å²) in [4.78, 5) is 34.9. The molecule has 11 heteroatoms. The van der Waals surface area contributed by atoms with Crippen molar-refractivity contribution in [3.05, 3.63) is 93.0 Å². The molecule has 0 saturated heterocycles. The van der Waals surface area contributed by atoms with Crippen LogP contribution in [0.15, 0.2) is 65.6 Å². The molecule has 0 saturated carbocycles. The van der Waals surface area contributed by atoms with Gasteiger partial charge in [-0.05, 0) is 62.2 Å². The second-order valence-electron chi connectivity index (χ2n) is 7.83. The number of rotatable bonds is 8. The van der Waals surface area contributed by atoms with E-state index in [9.17, 15) is 28.1 Å². The van der Waals surface area contributed by atoms with Crippen LogP contribution in [0.4, 0.5) is 17.1 Å². The Kier molecular flexibility index (Phi) is 7.50. The molecule has 0 unspecified atom stereocenters. The second kappa shape index (κ2) is 10.3. The van der Waals surface area contributed by atoms with Gasteiger partial charge in [-0.2, -0.15) is 0 Å². The number of ether oxygens (including phenoxy) is 1. The monoisotopic (exact) mass is 497 g/mol. The van der Waals surface area contributed by atoms with E-state index in [1.54, 1.807) is 38.1 Å². The number of carbonyl (C=O) groups is 2. The van der Waals surface area contributed by atoms with Crippen LogP contribution in [0, 0.1) is 30.9 Å². The molecule has 0 atom stereocenters. The Labute approximate surface area is 202 Å². The number of non-ortho nitro benzene ring substituents is 1. The van der Waals surface area contributed by atoms with Crippen LogP contribution in [0.5, 0.6) is 0 Å². The minimum atomic E-state index is -3.98. The van der Waals surface area contributed by atoms with Gasteiger partial charge in [0.2, 0.25) is 0 Å². The zero-order valence-electron chi connectivity index (χ0n) is 19.2. The number of nitrogens with one attached hydrogen (secondary N) is 2. The first-order valence-electron chi connectivity index (χ1n) is 10.4. The molecule has 0 aliphatic heterocycles. The number of nitro benzene ring substituents is 1. The van der Waals surface area contributed by atoms with Crippen LogP contribution < -0.4 is 10.0 Å². The highest BCUT2D eigenvalue weighted by atomic mass is 32.2. The maximum atomic E-state index is 12.9. The van der Waals surface area contributed by atoms with Gasteiger partial charge in [0.05, 0.1) is 15.4 Å². The first kappa shape index (κ1) is 25.4. The highest BCUT2D eigenvalue weighted by Gasteiger charge is 2.20. The van der Waals surface area contributed by atoms with Crippen molar-refractivity contribution in [2.45, 2.75) is 25.7 Å². The van der Waals surface area contributed by atoms with E-state index in [4.69, 9.17) is 4.74 Å². The molecule has 2 N–H and O–H groups in total. The van der Waals surface area contributed by atoms with Gasteiger partial charge >= 0.3 is 5.97 Å². The molecular weight excluding hydrogens is 474 g/mol. The molecule has 0 bridgehead atoms. The van der Waals surface area contributed by atoms with Gasteiger partial charge in [0.15, 0.2) is 6.61 Å². The fourth-order valence-corrected chi connectivity index (χ4v) is 4.48. The van der Waals surface area contributed by atoms with Crippen molar-refractivity contribution in [3.63, 3.8) is 0 Å². The molecule has 0 aromatic heterocycles. The fraction of sp³-hybridized carbons (Fsp3) is 0.167. The summed E-state index contributed by atoms with van der Waals surface area (Å²) in [6.07, 6.45) is 0. The van der Waals surface area contributed by atoms with Gasteiger partial charge in [0.25, 0.3) is 21.6 Å². The van der Waals surface area contributed by atoms with Crippen LogP contribution >= 0.6 is 0 Å². The number of carbonyl (C=O) groups excluding carboxylic acids is 2. The molecule has 10 nitrogen and oxygen atoms in total. The number of anilines is 2. The number of sulfonamides is 1. The van der Waals surface area contributed by atoms with Gasteiger partial charge in [0, 0.05) is 23.5 Å². The number of aryl methyl sites for hydroxylation is 3. The minimum Gasteiger partial charge on any atom is -0.452 e. The molecule has 182 valence electrons. The van der Waals surface area contributed by atoms with Crippen LogP contribution in [0.2, 0.25) is 0 Å². The predicted octanol–water partition coefficient (Wildman–Crippen LogP) is 4.12. The number of hydrogen-bond donors (Lipinski definition) is 2. The molecule has 0 aliphatic rings. The molecule has 1 amide bonds. The predicted molar refractivity (Wildman–Crippen MR) is 130 cm³/mol. The lowest BCUT2D eigenvalue weighted by molar-refractivity contribution is -0.384. The van der Waals surface area contributed by atoms with Gasteiger partial charge in [-0.1, -0.05) is 23.8 Å². The van der Waals surface area contributed by atoms with Crippen molar-refractivity contribution >= 4 is 39.0 Å². The summed E-state index contributed by atoms with van der Waals surface area (Å²) in [6, 6.07) is 14.8. The van der Waals surface area contributed by atoms with Gasteiger partial charge in [-0.15, -0.1) is 0 Å². The molecule has 0 fully saturated rings. The van der Waals surface area contributed by atoms with Crippen LogP contribution in [0.25, 0.3) is 0 Å². The second-order valence-corrected chi connectivity index (χ2v) is 9.48. The van der Waals surface area contributed by atoms with Crippen LogP contribution in [0.3, 0.4) is 0 Å². The van der Waals surface area contributed by atoms with Crippen molar-refractivity contribution in [2.24, 2.45) is 0 Å². The quantitative estimate of drug-likeness (QED) is 0.270. The number of benzene rings is 3. The fourth-order valence-electron chi connectivity index (χ4n) is 3.15. The van der Waals surface area contributed by atoms with Crippen molar-refractivity contribution in [3.8, 4) is 0 Å². The first-order chi connectivity index (χ1) is 16.5. The van der Waals surface area contributed by atoms with Crippen LogP contribution in [-0.2, 0) is 19.6 Å². The third kappa shape index (κ3) is 6.42. The van der Waals surface area contributed by atoms with Crippen molar-refractivity contribution < 1.29 is 27.7 Å². The summed E-state index contributed by atoms with van der Waals surface area (Å²) in [5, 5.41) is 13.3. The Hall–Kier alpha value is -4.25. The van der Waals surface area contributed by atoms with E-state index in [0.717, 1.165) is 5.56 Å². The zero-order chi connectivity index (χ0) is 25.8. The third-order valence-electron chi connectivity index (χ3n) is 5.05. The smallest absolute Gasteiger partial charge is 0.338 e. The zero-order valence-corrected chi connectivity index (χ0v) is 20.0. The summed E-state index contributed by atoms with van der Waals surface area (Å²) >= 11 is 0. The summed E-state index contributed by atoms with van der Waals surface area (Å²) < 4.78 is 33.3. The summed E-state index contributed by atoms with van der Waals surface area (Å²) in [7, 11) is -3.98. The average Bonchev–Trinajstić information content (AvgIpc) is 2.80. The van der Waals surface area contributed by atoms with Crippen molar-refractivity contribution in [2.75, 3.05) is 16.6 Å². The largest absolute Gasteiger partial charge is 0.452 e. The van der Waals surface area contributed by atoms with Gasteiger partial charge in [-0.25, -0.2) is 13.2 Å². The SMILES string of the molecule is Cc1ccc(NS(=O)(=O)c2cc(C(=O)OCC(=O)Nc3ccc([N+](=O)[O-])cc3C)ccc2C)cc1. The molecular formula is C24H23N3O7S. The molecule has 0 aliphatic carbocycles. The lowest BCUT2D eigenvalue weighted by Crippen LogP contribution is -2.21. The summed E-state index contributed by atoms with van der Waals surface area (Å²) in [5.41, 5.74) is 2.42. The summed E-state index contributed by atoms with van der Waals surface area (Å²) in [5.74, 6) is -1.54. The van der Waals surface area contributed by atoms with E-state index in [0.29, 0.717) is 22.5 Å². The van der Waals surface area contributed by atoms with E-state index in [-0.39, 0.29) is 16.1 Å². The van der Waals surface area contributed by atoms with E-state index in [2.05, 4.69) is 10.0 Å². The maximum Gasteiger partial charge on any atom is 0.338 e. The lowest BCUT2D eigenvalue weighted by Gasteiger charge is -2.12. The standard InChI is InChI=1S/C24H23N3O7S/c1-15-4-8-19(9-5-15)26-35(32,33)22-13-18(7-6-16(22)2)24(29)34-14-23(28)25-21-11-10-20(27(30)31)12-17(21)3/h4-13,26H,14H2,1-3H3,(H,25,28). The molecule has 3 aromatic carbocycles. The Morgan fingerprint density at radius 3 is 2.26 bits per heavy atom. The maximum absolute atomic E-state index is 12.9. The third-order valence-corrected chi connectivity index (χ3v) is 6.57. The van der Waals surface area contributed by atoms with E-state index >= 15 is 0 Å². The highest BCUT2D eigenvalue weighted by molar-refractivity contribution is 7.92. The van der Waals surface area contributed by atoms with Gasteiger partial charge < -0.3 is 10.1 Å². The number of hydrogen-bond acceptors (Lipinski definition) is 7. The number of amides is 1. The minimum absolute atomic E-state index is 0.0424. The number of nitrogens with zero attached hydrogens (tertiary/aromatic N) is 1. The lowest BCUT2D eigenvalue weighted by atomic mass is 10.1. The van der Waals surface area contributed by atoms with Gasteiger partial charge in [-0.3, -0.25) is 19.6 Å². The van der Waals surface area contributed by atoms with E-state index < -0.39 is 33.4 Å². The Balaban J connectivity index is 1.68. The van der Waals surface area contributed by atoms with E-state index in [1.807, 2.05) is 6.92 Å². The highest BCUT2D eigenvalue weighted by Crippen LogP contribution is 2.23. The van der Waals surface area contributed by atoms with Gasteiger partial charge in [0.1, 0.15) is 0 Å². The van der Waals surface area contributed by atoms with Crippen molar-refractivity contribution in [1.82, 2.24) is 0 Å². The van der Waals surface area contributed by atoms with E-state index in [1.165, 1.54) is 36.4 Å². The summed E-state index contributed by atoms with van der Waals surface area (Å²) in [6.45, 7) is 4.43. The Bertz CT molecular complexity index is 1400. The first-order valence-corrected chi connectivity index (χ1v) is 11.9. The molecule has 35 heavy (non-hydrogen) atoms. The molecule has 3 rings (SSSR count). The number of nitro groups is 1. The molecule has 3 aromatic rings. The molecule has 0 spiro atoms. The van der Waals surface area contributed by atoms with Crippen molar-refractivity contribution in [1.29, 1.82) is 0 Å². The number of esters is 1. The topological polar surface area (TPSA) is 145 Å². The Morgan fingerprint density at radius 1 is 0.943 bits per heavy atom. The Morgan fingerprint density at radius 2 is 1.63 bits per heavy atom. The molecule has 0 radical (unpaired) electrons. The van der Waals surface area contributed by atoms with Crippen LogP contribution in [-0.4, -0.2) is 31.8 Å². The normalized spacial score (nSPS) is 10.9. The average molecular weight is 498 g/mol. The van der Waals surface area contributed by atoms with Crippen LogP contribution in [0.1, 0.15) is 27.0 Å². The molecule has 0 heterocycles.